The number of benzene rings is 2. The van der Waals surface area contributed by atoms with Gasteiger partial charge in [-0.1, -0.05) is 36.0 Å². The van der Waals surface area contributed by atoms with E-state index in [-0.39, 0.29) is 17.6 Å². The number of hydrogen-bond acceptors (Lipinski definition) is 5. The van der Waals surface area contributed by atoms with Crippen LogP contribution in [0.4, 0.5) is 4.39 Å². The molecule has 2 aromatic rings. The maximum atomic E-state index is 13.0. The van der Waals surface area contributed by atoms with Crippen molar-refractivity contribution >= 4 is 28.7 Å². The molecule has 1 heterocycles. The highest BCUT2D eigenvalue weighted by molar-refractivity contribution is 8.14. The van der Waals surface area contributed by atoms with Crippen LogP contribution in [-0.4, -0.2) is 22.0 Å². The van der Waals surface area contributed by atoms with Crippen molar-refractivity contribution < 1.29 is 18.7 Å². The fourth-order valence-electron chi connectivity index (χ4n) is 2.48. The van der Waals surface area contributed by atoms with Crippen molar-refractivity contribution in [2.75, 3.05) is 0 Å². The SMILES string of the molecule is CC(=O)NC1=NN(C(C)=O)[C@H](c2cccc(OCc3ccc(F)cc3)c2)S1. The quantitative estimate of drug-likeness (QED) is 0.873. The zero-order valence-corrected chi connectivity index (χ0v) is 15.6. The Morgan fingerprint density at radius 3 is 2.63 bits per heavy atom. The lowest BCUT2D eigenvalue weighted by Crippen LogP contribution is -2.25. The normalized spacial score (nSPS) is 16.0. The maximum Gasteiger partial charge on any atom is 0.241 e. The molecule has 1 atom stereocenters. The van der Waals surface area contributed by atoms with E-state index in [0.717, 1.165) is 11.1 Å². The molecule has 0 bridgehead atoms. The Labute approximate surface area is 160 Å². The van der Waals surface area contributed by atoms with Crippen molar-refractivity contribution in [2.45, 2.75) is 25.8 Å². The third-order valence-electron chi connectivity index (χ3n) is 3.71. The Kier molecular flexibility index (Phi) is 5.75. The summed E-state index contributed by atoms with van der Waals surface area (Å²) >= 11 is 1.28. The third kappa shape index (κ3) is 4.85. The van der Waals surface area contributed by atoms with E-state index >= 15 is 0 Å². The van der Waals surface area contributed by atoms with E-state index < -0.39 is 5.37 Å². The van der Waals surface area contributed by atoms with Crippen LogP contribution in [0.15, 0.2) is 53.6 Å². The van der Waals surface area contributed by atoms with Crippen LogP contribution in [0.5, 0.6) is 5.75 Å². The third-order valence-corrected chi connectivity index (χ3v) is 4.81. The van der Waals surface area contributed by atoms with Crippen LogP contribution in [0.2, 0.25) is 0 Å². The minimum Gasteiger partial charge on any atom is -0.489 e. The summed E-state index contributed by atoms with van der Waals surface area (Å²) in [6.07, 6.45) is 0. The van der Waals surface area contributed by atoms with Gasteiger partial charge in [-0.15, -0.1) is 5.10 Å². The molecule has 0 aliphatic carbocycles. The van der Waals surface area contributed by atoms with Crippen molar-refractivity contribution in [3.05, 3.63) is 65.5 Å². The summed E-state index contributed by atoms with van der Waals surface area (Å²) in [5, 5.41) is 8.10. The highest BCUT2D eigenvalue weighted by Crippen LogP contribution is 2.39. The summed E-state index contributed by atoms with van der Waals surface area (Å²) in [6, 6.07) is 13.4. The van der Waals surface area contributed by atoms with E-state index in [1.54, 1.807) is 18.2 Å². The van der Waals surface area contributed by atoms with Crippen LogP contribution in [-0.2, 0) is 16.2 Å². The number of hydrogen-bond donors (Lipinski definition) is 1. The Morgan fingerprint density at radius 1 is 1.22 bits per heavy atom. The average molecular weight is 387 g/mol. The number of nitrogens with zero attached hydrogens (tertiary/aromatic N) is 2. The summed E-state index contributed by atoms with van der Waals surface area (Å²) in [4.78, 5) is 23.2. The number of thioether (sulfide) groups is 1. The number of ether oxygens (including phenoxy) is 1. The smallest absolute Gasteiger partial charge is 0.241 e. The molecule has 6 nitrogen and oxygen atoms in total. The number of rotatable bonds is 4. The first kappa shape index (κ1) is 18.9. The standard InChI is InChI=1S/C19H18FN3O3S/c1-12(24)21-19-22-23(13(2)25)18(27-19)15-4-3-5-17(10-15)26-11-14-6-8-16(20)9-7-14/h3-10,18H,11H2,1-2H3,(H,21,22,24)/t18-/m0/s1. The van der Waals surface area contributed by atoms with E-state index in [2.05, 4.69) is 10.4 Å². The van der Waals surface area contributed by atoms with Gasteiger partial charge in [-0.3, -0.25) is 9.59 Å². The van der Waals surface area contributed by atoms with Crippen LogP contribution in [0, 0.1) is 5.82 Å². The first-order chi connectivity index (χ1) is 12.9. The second-order valence-electron chi connectivity index (χ2n) is 5.91. The molecule has 0 radical (unpaired) electrons. The lowest BCUT2D eigenvalue weighted by molar-refractivity contribution is -0.129. The Morgan fingerprint density at radius 2 is 1.96 bits per heavy atom. The lowest BCUT2D eigenvalue weighted by atomic mass is 10.2. The molecule has 0 saturated carbocycles. The van der Waals surface area contributed by atoms with Crippen LogP contribution in [0.3, 0.4) is 0 Å². The second kappa shape index (κ2) is 8.22. The number of hydrazone groups is 1. The van der Waals surface area contributed by atoms with Crippen molar-refractivity contribution in [2.24, 2.45) is 5.10 Å². The monoisotopic (exact) mass is 387 g/mol. The zero-order valence-electron chi connectivity index (χ0n) is 14.8. The minimum atomic E-state index is -0.390. The Bertz CT molecular complexity index is 886. The molecule has 0 spiro atoms. The molecule has 2 amide bonds. The number of nitrogens with one attached hydrogen (secondary N) is 1. The highest BCUT2D eigenvalue weighted by atomic mass is 32.2. The van der Waals surface area contributed by atoms with E-state index in [1.807, 2.05) is 18.2 Å². The van der Waals surface area contributed by atoms with Crippen molar-refractivity contribution in [1.29, 1.82) is 0 Å². The molecule has 1 aliphatic rings. The van der Waals surface area contributed by atoms with Gasteiger partial charge in [-0.05, 0) is 35.4 Å². The molecule has 1 aliphatic heterocycles. The van der Waals surface area contributed by atoms with Crippen molar-refractivity contribution in [3.8, 4) is 5.75 Å². The van der Waals surface area contributed by atoms with Crippen molar-refractivity contribution in [3.63, 3.8) is 0 Å². The number of carbonyl (C=O) groups excluding carboxylic acids is 2. The van der Waals surface area contributed by atoms with Gasteiger partial charge in [0.1, 0.15) is 23.5 Å². The molecule has 3 rings (SSSR count). The van der Waals surface area contributed by atoms with E-state index in [1.165, 1.54) is 42.8 Å². The molecule has 0 fully saturated rings. The molecular formula is C19H18FN3O3S. The van der Waals surface area contributed by atoms with Crippen LogP contribution in [0.25, 0.3) is 0 Å². The predicted molar refractivity (Wildman–Crippen MR) is 101 cm³/mol. The number of carbonyl (C=O) groups is 2. The summed E-state index contributed by atoms with van der Waals surface area (Å²) in [7, 11) is 0. The van der Waals surface area contributed by atoms with Gasteiger partial charge in [0, 0.05) is 13.8 Å². The predicted octanol–water partition coefficient (Wildman–Crippen LogP) is 3.41. The first-order valence-corrected chi connectivity index (χ1v) is 9.10. The molecule has 1 N–H and O–H groups in total. The molecule has 2 aromatic carbocycles. The van der Waals surface area contributed by atoms with Gasteiger partial charge in [-0.25, -0.2) is 9.40 Å². The van der Waals surface area contributed by atoms with Gasteiger partial charge in [0.2, 0.25) is 11.8 Å². The Hall–Kier alpha value is -2.87. The summed E-state index contributed by atoms with van der Waals surface area (Å²) < 4.78 is 18.8. The fraction of sp³-hybridized carbons (Fsp3) is 0.211. The molecule has 0 aromatic heterocycles. The molecular weight excluding hydrogens is 369 g/mol. The number of amides is 2. The summed E-state index contributed by atoms with van der Waals surface area (Å²) in [5.74, 6) is -0.153. The molecule has 0 saturated heterocycles. The second-order valence-corrected chi connectivity index (χ2v) is 6.98. The lowest BCUT2D eigenvalue weighted by Gasteiger charge is -2.19. The zero-order chi connectivity index (χ0) is 19.4. The van der Waals surface area contributed by atoms with E-state index in [4.69, 9.17) is 4.74 Å². The number of amidine groups is 1. The van der Waals surface area contributed by atoms with E-state index in [0.29, 0.717) is 17.5 Å². The molecule has 140 valence electrons. The van der Waals surface area contributed by atoms with E-state index in [9.17, 15) is 14.0 Å². The van der Waals surface area contributed by atoms with Gasteiger partial charge < -0.3 is 10.1 Å². The Balaban J connectivity index is 1.73. The fourth-order valence-corrected chi connectivity index (χ4v) is 3.61. The van der Waals surface area contributed by atoms with Gasteiger partial charge in [0.15, 0.2) is 5.17 Å². The average Bonchev–Trinajstić information content (AvgIpc) is 3.05. The largest absolute Gasteiger partial charge is 0.489 e. The first-order valence-electron chi connectivity index (χ1n) is 8.22. The van der Waals surface area contributed by atoms with Crippen LogP contribution < -0.4 is 10.1 Å². The molecule has 8 heteroatoms. The van der Waals surface area contributed by atoms with Crippen LogP contribution in [0.1, 0.15) is 30.3 Å². The van der Waals surface area contributed by atoms with Gasteiger partial charge >= 0.3 is 0 Å². The topological polar surface area (TPSA) is 71.0 Å². The minimum absolute atomic E-state index is 0.231. The maximum absolute atomic E-state index is 13.0. The van der Waals surface area contributed by atoms with Gasteiger partial charge in [0.05, 0.1) is 0 Å². The molecule has 0 unspecified atom stereocenters. The highest BCUT2D eigenvalue weighted by Gasteiger charge is 2.32. The summed E-state index contributed by atoms with van der Waals surface area (Å²) in [6.45, 7) is 3.10. The van der Waals surface area contributed by atoms with Gasteiger partial charge in [-0.2, -0.15) is 0 Å². The molecule has 27 heavy (non-hydrogen) atoms. The van der Waals surface area contributed by atoms with Crippen molar-refractivity contribution in [1.82, 2.24) is 10.3 Å². The van der Waals surface area contributed by atoms with Crippen LogP contribution >= 0.6 is 11.8 Å². The number of halogens is 1. The van der Waals surface area contributed by atoms with Gasteiger partial charge in [0.25, 0.3) is 0 Å². The summed E-state index contributed by atoms with van der Waals surface area (Å²) in [5.41, 5.74) is 1.66.